The van der Waals surface area contributed by atoms with Gasteiger partial charge in [0.1, 0.15) is 0 Å². The van der Waals surface area contributed by atoms with E-state index in [9.17, 15) is 22.8 Å². The zero-order valence-corrected chi connectivity index (χ0v) is 16.0. The third-order valence-electron chi connectivity index (χ3n) is 4.54. The Kier molecular flexibility index (Phi) is 8.09. The molecule has 0 aliphatic carbocycles. The maximum atomic E-state index is 12.7. The van der Waals surface area contributed by atoms with E-state index in [0.29, 0.717) is 25.1 Å². The summed E-state index contributed by atoms with van der Waals surface area (Å²) in [6.07, 6.45) is -3.18. The van der Waals surface area contributed by atoms with Crippen molar-refractivity contribution in [2.24, 2.45) is 11.7 Å². The number of carbonyl (C=O) groups excluding carboxylic acids is 2. The van der Waals surface area contributed by atoms with Gasteiger partial charge in [-0.2, -0.15) is 18.3 Å². The highest BCUT2D eigenvalue weighted by molar-refractivity contribution is 5.87. The maximum absolute atomic E-state index is 12.7. The number of hydrogen-bond donors (Lipinski definition) is 3. The molecule has 1 fully saturated rings. The second-order valence-corrected chi connectivity index (χ2v) is 6.87. The van der Waals surface area contributed by atoms with E-state index in [2.05, 4.69) is 15.5 Å². The van der Waals surface area contributed by atoms with Crippen LogP contribution in [0.15, 0.2) is 6.07 Å². The van der Waals surface area contributed by atoms with Crippen LogP contribution in [0.2, 0.25) is 0 Å². The van der Waals surface area contributed by atoms with Crippen LogP contribution in [-0.4, -0.2) is 52.6 Å². The van der Waals surface area contributed by atoms with Crippen LogP contribution in [0.25, 0.3) is 0 Å². The number of alkyl halides is 3. The molecule has 0 spiro atoms. The highest BCUT2D eigenvalue weighted by Crippen LogP contribution is 2.31. The molecule has 1 unspecified atom stereocenters. The minimum Gasteiger partial charge on any atom is -0.346 e. The summed E-state index contributed by atoms with van der Waals surface area (Å²) in [5.74, 6) is -0.975. The molecule has 27 heavy (non-hydrogen) atoms. The number of likely N-dealkylation sites (tertiary alicyclic amines) is 1. The largest absolute Gasteiger partial charge is 0.435 e. The third-order valence-corrected chi connectivity index (χ3v) is 4.54. The normalized spacial score (nSPS) is 18.8. The molecule has 2 amide bonds. The molecular weight excluding hydrogens is 387 g/mol. The van der Waals surface area contributed by atoms with E-state index in [1.165, 1.54) is 0 Å². The van der Waals surface area contributed by atoms with E-state index in [-0.39, 0.29) is 43.2 Å². The maximum Gasteiger partial charge on any atom is 0.435 e. The van der Waals surface area contributed by atoms with Gasteiger partial charge in [-0.3, -0.25) is 14.7 Å². The Balaban J connectivity index is 0.00000364. The first kappa shape index (κ1) is 23.2. The Morgan fingerprint density at radius 3 is 2.67 bits per heavy atom. The predicted octanol–water partition coefficient (Wildman–Crippen LogP) is 1.66. The molecule has 11 heteroatoms. The van der Waals surface area contributed by atoms with E-state index >= 15 is 0 Å². The van der Waals surface area contributed by atoms with Gasteiger partial charge in [0.25, 0.3) is 0 Å². The smallest absolute Gasteiger partial charge is 0.346 e. The Morgan fingerprint density at radius 2 is 2.11 bits per heavy atom. The number of hydrogen-bond acceptors (Lipinski definition) is 4. The molecule has 0 aromatic carbocycles. The lowest BCUT2D eigenvalue weighted by atomic mass is 9.94. The predicted molar refractivity (Wildman–Crippen MR) is 95.2 cm³/mol. The molecule has 1 aliphatic heterocycles. The number of halogens is 4. The number of nitrogens with one attached hydrogen (secondary N) is 2. The van der Waals surface area contributed by atoms with Crippen molar-refractivity contribution in [2.75, 3.05) is 19.6 Å². The third kappa shape index (κ3) is 6.10. The van der Waals surface area contributed by atoms with Crippen molar-refractivity contribution in [1.29, 1.82) is 0 Å². The van der Waals surface area contributed by atoms with Gasteiger partial charge in [-0.1, -0.05) is 13.8 Å². The summed E-state index contributed by atoms with van der Waals surface area (Å²) in [5.41, 5.74) is 5.12. The van der Waals surface area contributed by atoms with Crippen molar-refractivity contribution >= 4 is 24.2 Å². The van der Waals surface area contributed by atoms with Crippen molar-refractivity contribution in [3.63, 3.8) is 0 Å². The Labute approximate surface area is 161 Å². The number of aromatic nitrogens is 2. The second-order valence-electron chi connectivity index (χ2n) is 6.87. The minimum absolute atomic E-state index is 0. The monoisotopic (exact) mass is 411 g/mol. The van der Waals surface area contributed by atoms with Gasteiger partial charge in [0.15, 0.2) is 5.69 Å². The van der Waals surface area contributed by atoms with E-state index in [1.807, 2.05) is 0 Å². The molecule has 2 rings (SSSR count). The number of nitrogens with zero attached hydrogens (tertiary/aromatic N) is 2. The zero-order valence-electron chi connectivity index (χ0n) is 15.2. The van der Waals surface area contributed by atoms with E-state index in [0.717, 1.165) is 6.07 Å². The van der Waals surface area contributed by atoms with Gasteiger partial charge in [0, 0.05) is 24.7 Å². The second kappa shape index (κ2) is 9.41. The number of carbonyl (C=O) groups is 2. The van der Waals surface area contributed by atoms with Crippen LogP contribution < -0.4 is 11.1 Å². The van der Waals surface area contributed by atoms with Crippen LogP contribution in [0.1, 0.15) is 44.0 Å². The summed E-state index contributed by atoms with van der Waals surface area (Å²) in [4.78, 5) is 25.7. The molecule has 1 saturated heterocycles. The Bertz CT molecular complexity index is 650. The zero-order chi connectivity index (χ0) is 19.5. The molecule has 2 heterocycles. The molecule has 0 saturated carbocycles. The van der Waals surface area contributed by atoms with Crippen molar-refractivity contribution in [3.8, 4) is 0 Å². The van der Waals surface area contributed by atoms with Gasteiger partial charge in [-0.25, -0.2) is 0 Å². The topological polar surface area (TPSA) is 104 Å². The highest BCUT2D eigenvalue weighted by Gasteiger charge is 2.35. The summed E-state index contributed by atoms with van der Waals surface area (Å²) in [6, 6.07) is 0.296. The number of amides is 2. The first-order valence-corrected chi connectivity index (χ1v) is 8.53. The fraction of sp³-hybridized carbons (Fsp3) is 0.688. The van der Waals surface area contributed by atoms with E-state index in [4.69, 9.17) is 5.73 Å². The fourth-order valence-corrected chi connectivity index (χ4v) is 2.84. The number of nitrogens with two attached hydrogens (primary N) is 1. The molecule has 0 radical (unpaired) electrons. The average Bonchev–Trinajstić information content (AvgIpc) is 3.09. The molecule has 1 aliphatic rings. The standard InChI is InChI=1S/C16H24F3N5O2.ClH/c1-9(2)14(20)15(26)21-7-13(25)24-5-3-4-10(8-24)11-6-12(23-22-11)16(17,18)19;/h6,9-10,14H,3-5,7-8,20H2,1-2H3,(H,21,26)(H,22,23);1H/t10?,14-;/m0./s1. The summed E-state index contributed by atoms with van der Waals surface area (Å²) in [6.45, 7) is 4.22. The van der Waals surface area contributed by atoms with E-state index in [1.54, 1.807) is 18.7 Å². The summed E-state index contributed by atoms with van der Waals surface area (Å²) in [5, 5.41) is 8.24. The molecular formula is C16H25ClF3N5O2. The number of piperidine rings is 1. The number of rotatable bonds is 5. The van der Waals surface area contributed by atoms with Gasteiger partial charge in [0.05, 0.1) is 12.6 Å². The van der Waals surface area contributed by atoms with Crippen molar-refractivity contribution in [3.05, 3.63) is 17.5 Å². The van der Waals surface area contributed by atoms with Gasteiger partial charge in [-0.05, 0) is 24.8 Å². The van der Waals surface area contributed by atoms with Crippen molar-refractivity contribution < 1.29 is 22.8 Å². The van der Waals surface area contributed by atoms with Crippen LogP contribution in [0, 0.1) is 5.92 Å². The molecule has 1 aromatic heterocycles. The summed E-state index contributed by atoms with van der Waals surface area (Å²) < 4.78 is 38.0. The van der Waals surface area contributed by atoms with Gasteiger partial charge in [0.2, 0.25) is 11.8 Å². The van der Waals surface area contributed by atoms with Gasteiger partial charge >= 0.3 is 6.18 Å². The molecule has 2 atom stereocenters. The van der Waals surface area contributed by atoms with Crippen LogP contribution in [0.3, 0.4) is 0 Å². The first-order chi connectivity index (χ1) is 12.1. The quantitative estimate of drug-likeness (QED) is 0.685. The van der Waals surface area contributed by atoms with Crippen LogP contribution in [0.5, 0.6) is 0 Å². The highest BCUT2D eigenvalue weighted by atomic mass is 35.5. The van der Waals surface area contributed by atoms with Crippen molar-refractivity contribution in [2.45, 2.75) is 44.8 Å². The summed E-state index contributed by atoms with van der Waals surface area (Å²) in [7, 11) is 0. The molecule has 4 N–H and O–H groups in total. The first-order valence-electron chi connectivity index (χ1n) is 8.53. The Morgan fingerprint density at radius 1 is 1.44 bits per heavy atom. The molecule has 0 bridgehead atoms. The minimum atomic E-state index is -4.50. The fourth-order valence-electron chi connectivity index (χ4n) is 2.84. The summed E-state index contributed by atoms with van der Waals surface area (Å²) >= 11 is 0. The van der Waals surface area contributed by atoms with Gasteiger partial charge in [-0.15, -0.1) is 12.4 Å². The van der Waals surface area contributed by atoms with E-state index < -0.39 is 23.8 Å². The molecule has 154 valence electrons. The average molecular weight is 412 g/mol. The lowest BCUT2D eigenvalue weighted by Gasteiger charge is -2.32. The Hall–Kier alpha value is -1.81. The van der Waals surface area contributed by atoms with Crippen LogP contribution >= 0.6 is 12.4 Å². The molecule has 7 nitrogen and oxygen atoms in total. The van der Waals surface area contributed by atoms with Crippen molar-refractivity contribution in [1.82, 2.24) is 20.4 Å². The van der Waals surface area contributed by atoms with Crippen LogP contribution in [0.4, 0.5) is 13.2 Å². The van der Waals surface area contributed by atoms with Crippen LogP contribution in [-0.2, 0) is 15.8 Å². The SMILES string of the molecule is CC(C)[C@H](N)C(=O)NCC(=O)N1CCCC(c2cc(C(F)(F)F)n[nH]2)C1.Cl. The molecule has 1 aromatic rings. The lowest BCUT2D eigenvalue weighted by molar-refractivity contribution is -0.141. The number of H-pyrrole nitrogens is 1. The van der Waals surface area contributed by atoms with Gasteiger partial charge < -0.3 is 16.0 Å². The lowest BCUT2D eigenvalue weighted by Crippen LogP contribution is -2.49. The number of aromatic amines is 1.